The first-order chi connectivity index (χ1) is 12.5. The maximum absolute atomic E-state index is 12.6. The molecule has 0 spiro atoms. The number of alkyl halides is 3. The fraction of sp³-hybridized carbons (Fsp3) is 0.150. The van der Waals surface area contributed by atoms with Gasteiger partial charge in [0.05, 0.1) is 11.8 Å². The quantitative estimate of drug-likeness (QED) is 0.631. The summed E-state index contributed by atoms with van der Waals surface area (Å²) in [5, 5.41) is 0. The molecule has 0 aliphatic carbocycles. The van der Waals surface area contributed by atoms with Crippen LogP contribution in [-0.4, -0.2) is 11.1 Å². The third kappa shape index (κ3) is 3.35. The molecule has 0 saturated carbocycles. The van der Waals surface area contributed by atoms with E-state index in [0.717, 1.165) is 23.4 Å². The van der Waals surface area contributed by atoms with Gasteiger partial charge in [-0.3, -0.25) is 0 Å². The number of aromatic nitrogens is 1. The van der Waals surface area contributed by atoms with Gasteiger partial charge in [0.2, 0.25) is 5.89 Å². The average molecular weight is 357 g/mol. The van der Waals surface area contributed by atoms with Gasteiger partial charge in [-0.25, -0.2) is 4.98 Å². The van der Waals surface area contributed by atoms with Crippen LogP contribution in [0.5, 0.6) is 5.75 Å². The minimum Gasteiger partial charge on any atom is -0.485 e. The van der Waals surface area contributed by atoms with E-state index in [9.17, 15) is 13.2 Å². The van der Waals surface area contributed by atoms with Crippen LogP contribution < -0.4 is 4.74 Å². The van der Waals surface area contributed by atoms with Crippen LogP contribution in [0.25, 0.3) is 17.5 Å². The highest BCUT2D eigenvalue weighted by Gasteiger charge is 2.30. The Morgan fingerprint density at radius 3 is 2.54 bits per heavy atom. The lowest BCUT2D eigenvalue weighted by atomic mass is 10.1. The van der Waals surface area contributed by atoms with Crippen molar-refractivity contribution in [2.45, 2.75) is 18.7 Å². The third-order valence-electron chi connectivity index (χ3n) is 4.10. The predicted octanol–water partition coefficient (Wildman–Crippen LogP) is 5.38. The van der Waals surface area contributed by atoms with Crippen molar-refractivity contribution in [3.05, 3.63) is 77.7 Å². The Morgan fingerprint density at radius 1 is 1.00 bits per heavy atom. The monoisotopic (exact) mass is 357 g/mol. The summed E-state index contributed by atoms with van der Waals surface area (Å²) < 4.78 is 49.5. The van der Waals surface area contributed by atoms with Crippen LogP contribution in [0.15, 0.2) is 65.2 Å². The van der Waals surface area contributed by atoms with Crippen molar-refractivity contribution in [1.82, 2.24) is 4.98 Å². The Bertz CT molecular complexity index is 942. The molecule has 1 aromatic heterocycles. The van der Waals surface area contributed by atoms with Crippen molar-refractivity contribution in [3.8, 4) is 17.2 Å². The van der Waals surface area contributed by atoms with Gasteiger partial charge in [-0.1, -0.05) is 24.3 Å². The Balaban J connectivity index is 1.47. The summed E-state index contributed by atoms with van der Waals surface area (Å²) in [4.78, 5) is 4.16. The van der Waals surface area contributed by atoms with E-state index in [1.54, 1.807) is 6.20 Å². The first-order valence-corrected chi connectivity index (χ1v) is 8.05. The molecule has 0 fully saturated rings. The SMILES string of the molecule is FC(F)(F)c1ccc(-c2ncc(CC3C=Cc4ccccc4O3)o2)cc1. The maximum atomic E-state index is 12.6. The van der Waals surface area contributed by atoms with Gasteiger partial charge in [-0.15, -0.1) is 0 Å². The summed E-state index contributed by atoms with van der Waals surface area (Å²) in [7, 11) is 0. The van der Waals surface area contributed by atoms with E-state index in [-0.39, 0.29) is 12.0 Å². The van der Waals surface area contributed by atoms with Crippen LogP contribution in [0.1, 0.15) is 16.9 Å². The van der Waals surface area contributed by atoms with Gasteiger partial charge in [0, 0.05) is 17.5 Å². The van der Waals surface area contributed by atoms with Crippen LogP contribution in [0.3, 0.4) is 0 Å². The fourth-order valence-electron chi connectivity index (χ4n) is 2.78. The van der Waals surface area contributed by atoms with Crippen LogP contribution >= 0.6 is 0 Å². The van der Waals surface area contributed by atoms with Gasteiger partial charge >= 0.3 is 6.18 Å². The smallest absolute Gasteiger partial charge is 0.416 e. The fourth-order valence-corrected chi connectivity index (χ4v) is 2.78. The number of ether oxygens (including phenoxy) is 1. The number of oxazole rings is 1. The van der Waals surface area contributed by atoms with Gasteiger partial charge < -0.3 is 9.15 Å². The van der Waals surface area contributed by atoms with Crippen LogP contribution in [-0.2, 0) is 12.6 Å². The molecule has 0 N–H and O–H groups in total. The number of fused-ring (bicyclic) bond motifs is 1. The molecule has 2 aromatic carbocycles. The van der Waals surface area contributed by atoms with E-state index < -0.39 is 11.7 Å². The van der Waals surface area contributed by atoms with E-state index in [2.05, 4.69) is 4.98 Å². The van der Waals surface area contributed by atoms with Crippen LogP contribution in [0.4, 0.5) is 13.2 Å². The molecule has 0 radical (unpaired) electrons. The zero-order chi connectivity index (χ0) is 18.1. The van der Waals surface area contributed by atoms with Gasteiger partial charge in [0.15, 0.2) is 0 Å². The highest BCUT2D eigenvalue weighted by atomic mass is 19.4. The largest absolute Gasteiger partial charge is 0.485 e. The molecule has 1 unspecified atom stereocenters. The molecule has 0 bridgehead atoms. The number of hydrogen-bond donors (Lipinski definition) is 0. The number of nitrogens with zero attached hydrogens (tertiary/aromatic N) is 1. The minimum absolute atomic E-state index is 0.182. The van der Waals surface area contributed by atoms with Gasteiger partial charge in [0.25, 0.3) is 0 Å². The van der Waals surface area contributed by atoms with Crippen molar-refractivity contribution < 1.29 is 22.3 Å². The number of hydrogen-bond acceptors (Lipinski definition) is 3. The Hall–Kier alpha value is -3.02. The first-order valence-electron chi connectivity index (χ1n) is 8.05. The minimum atomic E-state index is -4.36. The van der Waals surface area contributed by atoms with Gasteiger partial charge in [-0.05, 0) is 36.4 Å². The predicted molar refractivity (Wildman–Crippen MR) is 90.5 cm³/mol. The molecule has 6 heteroatoms. The molecule has 2 heterocycles. The summed E-state index contributed by atoms with van der Waals surface area (Å²) in [6.07, 6.45) is 1.46. The number of rotatable bonds is 3. The van der Waals surface area contributed by atoms with E-state index in [0.29, 0.717) is 17.7 Å². The zero-order valence-corrected chi connectivity index (χ0v) is 13.5. The number of benzene rings is 2. The molecule has 0 saturated heterocycles. The van der Waals surface area contributed by atoms with Crippen molar-refractivity contribution in [2.75, 3.05) is 0 Å². The topological polar surface area (TPSA) is 35.3 Å². The lowest BCUT2D eigenvalue weighted by molar-refractivity contribution is -0.137. The van der Waals surface area contributed by atoms with E-state index in [4.69, 9.17) is 9.15 Å². The highest BCUT2D eigenvalue weighted by molar-refractivity contribution is 5.60. The molecule has 3 nitrogen and oxygen atoms in total. The van der Waals surface area contributed by atoms with E-state index in [1.807, 2.05) is 36.4 Å². The molecule has 4 rings (SSSR count). The number of para-hydroxylation sites is 1. The maximum Gasteiger partial charge on any atom is 0.416 e. The summed E-state index contributed by atoms with van der Waals surface area (Å²) in [6, 6.07) is 12.5. The number of halogens is 3. The first kappa shape index (κ1) is 16.4. The molecule has 1 aliphatic heterocycles. The molecule has 132 valence electrons. The highest BCUT2D eigenvalue weighted by Crippen LogP contribution is 2.31. The third-order valence-corrected chi connectivity index (χ3v) is 4.10. The van der Waals surface area contributed by atoms with Crippen molar-refractivity contribution in [2.24, 2.45) is 0 Å². The lowest BCUT2D eigenvalue weighted by Crippen LogP contribution is -2.19. The summed E-state index contributed by atoms with van der Waals surface area (Å²) >= 11 is 0. The van der Waals surface area contributed by atoms with Crippen LogP contribution in [0, 0.1) is 0 Å². The second-order valence-electron chi connectivity index (χ2n) is 5.96. The molecule has 1 atom stereocenters. The summed E-state index contributed by atoms with van der Waals surface area (Å²) in [6.45, 7) is 0. The normalized spacial score (nSPS) is 16.2. The Morgan fingerprint density at radius 2 is 1.77 bits per heavy atom. The molecule has 26 heavy (non-hydrogen) atoms. The van der Waals surface area contributed by atoms with Crippen molar-refractivity contribution in [1.29, 1.82) is 0 Å². The van der Waals surface area contributed by atoms with Crippen molar-refractivity contribution in [3.63, 3.8) is 0 Å². The van der Waals surface area contributed by atoms with Gasteiger partial charge in [0.1, 0.15) is 17.6 Å². The molecular weight excluding hydrogens is 343 g/mol. The molecular formula is C20H14F3NO2. The van der Waals surface area contributed by atoms with E-state index >= 15 is 0 Å². The van der Waals surface area contributed by atoms with E-state index in [1.165, 1.54) is 12.1 Å². The summed E-state index contributed by atoms with van der Waals surface area (Å²) in [5.41, 5.74) is 0.814. The Kier molecular flexibility index (Phi) is 4.03. The van der Waals surface area contributed by atoms with Crippen molar-refractivity contribution >= 4 is 6.08 Å². The molecule has 3 aromatic rings. The van der Waals surface area contributed by atoms with Gasteiger partial charge in [-0.2, -0.15) is 13.2 Å². The summed E-state index contributed by atoms with van der Waals surface area (Å²) in [5.74, 6) is 1.70. The molecule has 0 amide bonds. The Labute approximate surface area is 147 Å². The second-order valence-corrected chi connectivity index (χ2v) is 5.96. The second kappa shape index (κ2) is 6.37. The standard InChI is InChI=1S/C20H14F3NO2/c21-20(22,23)15-8-5-14(6-9-15)19-24-12-17(26-19)11-16-10-7-13-3-1-2-4-18(13)25-16/h1-10,12,16H,11H2. The average Bonchev–Trinajstić information content (AvgIpc) is 3.09. The lowest BCUT2D eigenvalue weighted by Gasteiger charge is -2.20. The van der Waals surface area contributed by atoms with Crippen LogP contribution in [0.2, 0.25) is 0 Å². The zero-order valence-electron chi connectivity index (χ0n) is 13.5. The molecule has 1 aliphatic rings.